The summed E-state index contributed by atoms with van der Waals surface area (Å²) in [6.07, 6.45) is 0.743. The van der Waals surface area contributed by atoms with E-state index in [1.165, 1.54) is 0 Å². The second-order valence-corrected chi connectivity index (χ2v) is 5.26. The Hall–Kier alpha value is -2.04. The van der Waals surface area contributed by atoms with Crippen molar-refractivity contribution in [2.75, 3.05) is 17.2 Å². The zero-order valence-corrected chi connectivity index (χ0v) is 10.7. The normalized spacial score (nSPS) is 25.2. The molecular formula is C14H16N2O3. The van der Waals surface area contributed by atoms with Gasteiger partial charge in [0.05, 0.1) is 5.92 Å². The van der Waals surface area contributed by atoms with Gasteiger partial charge in [0.1, 0.15) is 0 Å². The first-order valence-corrected chi connectivity index (χ1v) is 6.48. The number of hydrogen-bond donors (Lipinski definition) is 3. The fourth-order valence-corrected chi connectivity index (χ4v) is 3.54. The maximum Gasteiger partial charge on any atom is 0.307 e. The molecule has 0 bridgehead atoms. The van der Waals surface area contributed by atoms with Crippen LogP contribution in [0.2, 0.25) is 0 Å². The molecule has 3 N–H and O–H groups in total. The van der Waals surface area contributed by atoms with Crippen LogP contribution in [0.15, 0.2) is 18.2 Å². The van der Waals surface area contributed by atoms with Crippen LogP contribution in [-0.2, 0) is 15.0 Å². The topological polar surface area (TPSA) is 78.4 Å². The molecule has 2 atom stereocenters. The predicted octanol–water partition coefficient (Wildman–Crippen LogP) is 1.80. The van der Waals surface area contributed by atoms with Crippen LogP contribution in [-0.4, -0.2) is 23.5 Å². The van der Waals surface area contributed by atoms with Crippen LogP contribution in [0.4, 0.5) is 11.4 Å². The second kappa shape index (κ2) is 3.98. The van der Waals surface area contributed by atoms with E-state index in [0.717, 1.165) is 16.9 Å². The number of aliphatic carboxylic acids is 1. The van der Waals surface area contributed by atoms with Crippen LogP contribution >= 0.6 is 0 Å². The van der Waals surface area contributed by atoms with Crippen LogP contribution in [0.5, 0.6) is 0 Å². The van der Waals surface area contributed by atoms with Crippen molar-refractivity contribution in [3.05, 3.63) is 23.8 Å². The molecule has 1 aromatic carbocycles. The van der Waals surface area contributed by atoms with Crippen molar-refractivity contribution in [3.8, 4) is 0 Å². The highest BCUT2D eigenvalue weighted by molar-refractivity contribution is 5.99. The zero-order chi connectivity index (χ0) is 13.6. The first-order valence-electron chi connectivity index (χ1n) is 6.48. The third-order valence-corrected chi connectivity index (χ3v) is 4.28. The Bertz CT molecular complexity index is 570. The Labute approximate surface area is 111 Å². The van der Waals surface area contributed by atoms with Gasteiger partial charge in [0.15, 0.2) is 0 Å². The highest BCUT2D eigenvalue weighted by Gasteiger charge is 2.52. The molecule has 1 aromatic rings. The summed E-state index contributed by atoms with van der Waals surface area (Å²) in [6, 6.07) is 5.64. The van der Waals surface area contributed by atoms with Crippen molar-refractivity contribution in [2.45, 2.75) is 25.2 Å². The fourth-order valence-electron chi connectivity index (χ4n) is 3.54. The smallest absolute Gasteiger partial charge is 0.307 e. The molecule has 2 aliphatic heterocycles. The number of carbonyl (C=O) groups is 2. The largest absolute Gasteiger partial charge is 0.481 e. The van der Waals surface area contributed by atoms with Gasteiger partial charge in [-0.1, -0.05) is 13.0 Å². The highest BCUT2D eigenvalue weighted by atomic mass is 16.4. The van der Waals surface area contributed by atoms with E-state index >= 15 is 0 Å². The first-order chi connectivity index (χ1) is 9.08. The summed E-state index contributed by atoms with van der Waals surface area (Å²) in [4.78, 5) is 23.5. The average molecular weight is 260 g/mol. The molecule has 0 radical (unpaired) electrons. The number of benzene rings is 1. The summed E-state index contributed by atoms with van der Waals surface area (Å²) in [6.45, 7) is 2.37. The number of anilines is 2. The lowest BCUT2D eigenvalue weighted by molar-refractivity contribution is -0.144. The molecule has 2 aliphatic rings. The number of carbonyl (C=O) groups excluding carboxylic acids is 1. The van der Waals surface area contributed by atoms with Crippen LogP contribution in [0.1, 0.15) is 25.3 Å². The number of carboxylic acids is 1. The van der Waals surface area contributed by atoms with Gasteiger partial charge in [0, 0.05) is 35.3 Å². The van der Waals surface area contributed by atoms with E-state index in [-0.39, 0.29) is 12.3 Å². The molecule has 1 amide bonds. The Balaban J connectivity index is 2.21. The number of rotatable bonds is 3. The van der Waals surface area contributed by atoms with Crippen molar-refractivity contribution >= 4 is 23.3 Å². The number of nitrogens with one attached hydrogen (secondary N) is 2. The SMILES string of the molecule is CCC(C(=O)O)C12CNc3cccc(c31)NC(=O)C2. The quantitative estimate of drug-likeness (QED) is 0.774. The molecule has 0 spiro atoms. The maximum absolute atomic E-state index is 11.9. The molecule has 5 heteroatoms. The Morgan fingerprint density at radius 3 is 2.89 bits per heavy atom. The van der Waals surface area contributed by atoms with Crippen molar-refractivity contribution in [3.63, 3.8) is 0 Å². The summed E-state index contributed by atoms with van der Waals surface area (Å²) < 4.78 is 0. The average Bonchev–Trinajstić information content (AvgIpc) is 2.71. The lowest BCUT2D eigenvalue weighted by Crippen LogP contribution is -2.47. The van der Waals surface area contributed by atoms with E-state index in [9.17, 15) is 14.7 Å². The molecule has 0 aromatic heterocycles. The minimum Gasteiger partial charge on any atom is -0.481 e. The zero-order valence-electron chi connectivity index (χ0n) is 10.7. The van der Waals surface area contributed by atoms with Gasteiger partial charge in [0.2, 0.25) is 5.91 Å². The van der Waals surface area contributed by atoms with Crippen molar-refractivity contribution in [1.29, 1.82) is 0 Å². The molecule has 5 nitrogen and oxygen atoms in total. The fraction of sp³-hybridized carbons (Fsp3) is 0.429. The van der Waals surface area contributed by atoms with E-state index in [2.05, 4.69) is 10.6 Å². The van der Waals surface area contributed by atoms with E-state index in [1.54, 1.807) is 0 Å². The molecule has 2 unspecified atom stereocenters. The van der Waals surface area contributed by atoms with E-state index in [1.807, 2.05) is 25.1 Å². The van der Waals surface area contributed by atoms with Crippen molar-refractivity contribution < 1.29 is 14.7 Å². The van der Waals surface area contributed by atoms with E-state index < -0.39 is 17.3 Å². The molecule has 0 fully saturated rings. The minimum absolute atomic E-state index is 0.104. The number of carboxylic acid groups (broad SMARTS) is 1. The van der Waals surface area contributed by atoms with Gasteiger partial charge in [-0.3, -0.25) is 9.59 Å². The van der Waals surface area contributed by atoms with Crippen LogP contribution in [0.25, 0.3) is 0 Å². The van der Waals surface area contributed by atoms with Gasteiger partial charge in [-0.25, -0.2) is 0 Å². The van der Waals surface area contributed by atoms with Crippen LogP contribution in [0, 0.1) is 5.92 Å². The standard InChI is InChI=1S/C14H16N2O3/c1-2-8(13(18)19)14-6-11(17)16-10-5-3-4-9(12(10)14)15-7-14/h3-5,8,15H,2,6-7H2,1H3,(H,16,17)(H,18,19). The third kappa shape index (κ3) is 1.54. The van der Waals surface area contributed by atoms with Gasteiger partial charge in [-0.2, -0.15) is 0 Å². The molecule has 0 aliphatic carbocycles. The summed E-state index contributed by atoms with van der Waals surface area (Å²) in [5.74, 6) is -1.48. The van der Waals surface area contributed by atoms with Gasteiger partial charge in [-0.05, 0) is 18.6 Å². The molecule has 0 saturated carbocycles. The number of hydrogen-bond acceptors (Lipinski definition) is 3. The molecule has 19 heavy (non-hydrogen) atoms. The maximum atomic E-state index is 11.9. The third-order valence-electron chi connectivity index (χ3n) is 4.28. The Morgan fingerprint density at radius 2 is 2.21 bits per heavy atom. The number of amides is 1. The molecule has 2 heterocycles. The predicted molar refractivity (Wildman–Crippen MR) is 71.3 cm³/mol. The molecular weight excluding hydrogens is 244 g/mol. The Kier molecular flexibility index (Phi) is 2.52. The van der Waals surface area contributed by atoms with Crippen LogP contribution < -0.4 is 10.6 Å². The monoisotopic (exact) mass is 260 g/mol. The van der Waals surface area contributed by atoms with E-state index in [0.29, 0.717) is 13.0 Å². The van der Waals surface area contributed by atoms with Crippen LogP contribution in [0.3, 0.4) is 0 Å². The molecule has 3 rings (SSSR count). The Morgan fingerprint density at radius 1 is 1.47 bits per heavy atom. The molecule has 0 saturated heterocycles. The lowest BCUT2D eigenvalue weighted by atomic mass is 9.66. The van der Waals surface area contributed by atoms with Gasteiger partial charge in [-0.15, -0.1) is 0 Å². The van der Waals surface area contributed by atoms with Crippen molar-refractivity contribution in [2.24, 2.45) is 5.92 Å². The first kappa shape index (κ1) is 12.0. The highest BCUT2D eigenvalue weighted by Crippen LogP contribution is 2.51. The second-order valence-electron chi connectivity index (χ2n) is 5.26. The van der Waals surface area contributed by atoms with Gasteiger partial charge >= 0.3 is 5.97 Å². The minimum atomic E-state index is -0.832. The van der Waals surface area contributed by atoms with E-state index in [4.69, 9.17) is 0 Å². The van der Waals surface area contributed by atoms with Crippen molar-refractivity contribution in [1.82, 2.24) is 0 Å². The van der Waals surface area contributed by atoms with Gasteiger partial charge in [0.25, 0.3) is 0 Å². The summed E-state index contributed by atoms with van der Waals surface area (Å²) in [5.41, 5.74) is 2.04. The lowest BCUT2D eigenvalue weighted by Gasteiger charge is -2.38. The summed E-state index contributed by atoms with van der Waals surface area (Å²) in [7, 11) is 0. The summed E-state index contributed by atoms with van der Waals surface area (Å²) in [5, 5.41) is 15.6. The summed E-state index contributed by atoms with van der Waals surface area (Å²) >= 11 is 0. The van der Waals surface area contributed by atoms with Gasteiger partial charge < -0.3 is 15.7 Å². The molecule has 100 valence electrons.